The van der Waals surface area contributed by atoms with E-state index in [2.05, 4.69) is 15.3 Å². The van der Waals surface area contributed by atoms with E-state index in [9.17, 15) is 4.39 Å². The van der Waals surface area contributed by atoms with Gasteiger partial charge < -0.3 is 5.32 Å². The highest BCUT2D eigenvalue weighted by Gasteiger charge is 2.28. The summed E-state index contributed by atoms with van der Waals surface area (Å²) >= 11 is 11.9. The van der Waals surface area contributed by atoms with Crippen LogP contribution in [0.25, 0.3) is 0 Å². The Bertz CT molecular complexity index is 672. The average molecular weight is 312 g/mol. The summed E-state index contributed by atoms with van der Waals surface area (Å²) in [6, 6.07) is 4.45. The van der Waals surface area contributed by atoms with Gasteiger partial charge in [-0.3, -0.25) is 0 Å². The third-order valence-corrected chi connectivity index (χ3v) is 3.83. The lowest BCUT2D eigenvalue weighted by Crippen LogP contribution is -2.04. The summed E-state index contributed by atoms with van der Waals surface area (Å²) in [5.41, 5.74) is 1.01. The maximum atomic E-state index is 13.8. The average Bonchev–Trinajstić information content (AvgIpc) is 3.22. The topological polar surface area (TPSA) is 37.8 Å². The molecule has 3 nitrogen and oxygen atoms in total. The first kappa shape index (κ1) is 13.6. The second kappa shape index (κ2) is 5.19. The van der Waals surface area contributed by atoms with Crippen molar-refractivity contribution in [2.75, 3.05) is 5.32 Å². The lowest BCUT2D eigenvalue weighted by atomic mass is 10.2. The maximum Gasteiger partial charge on any atom is 0.148 e. The second-order valence-corrected chi connectivity index (χ2v) is 5.66. The van der Waals surface area contributed by atoms with Crippen LogP contribution in [-0.2, 0) is 0 Å². The molecule has 0 amide bonds. The largest absolute Gasteiger partial charge is 0.337 e. The first-order valence-electron chi connectivity index (χ1n) is 6.30. The van der Waals surface area contributed by atoms with E-state index in [1.54, 1.807) is 19.1 Å². The predicted octanol–water partition coefficient (Wildman–Crippen LogP) is 4.85. The highest BCUT2D eigenvalue weighted by molar-refractivity contribution is 6.31. The molecule has 104 valence electrons. The molecule has 1 aliphatic rings. The number of rotatable bonds is 3. The molecule has 20 heavy (non-hydrogen) atoms. The van der Waals surface area contributed by atoms with Crippen LogP contribution in [-0.4, -0.2) is 9.97 Å². The summed E-state index contributed by atoms with van der Waals surface area (Å²) in [7, 11) is 0. The minimum absolute atomic E-state index is 0.314. The van der Waals surface area contributed by atoms with Gasteiger partial charge in [0.2, 0.25) is 0 Å². The van der Waals surface area contributed by atoms with Crippen molar-refractivity contribution in [1.82, 2.24) is 9.97 Å². The Morgan fingerprint density at radius 3 is 2.65 bits per heavy atom. The number of nitrogens with zero attached hydrogens (tertiary/aromatic N) is 2. The van der Waals surface area contributed by atoms with Gasteiger partial charge in [-0.25, -0.2) is 14.4 Å². The minimum atomic E-state index is -0.431. The third kappa shape index (κ3) is 2.72. The van der Waals surface area contributed by atoms with Crippen LogP contribution in [0.2, 0.25) is 10.2 Å². The van der Waals surface area contributed by atoms with Gasteiger partial charge in [0.05, 0.1) is 5.69 Å². The first-order chi connectivity index (χ1) is 9.54. The fourth-order valence-corrected chi connectivity index (χ4v) is 2.20. The standard InChI is InChI=1S/C14H12Cl2FN3/c1-7-12(16)19-14(8-2-3-8)20-13(7)18-11-5-4-9(15)6-10(11)17/h4-6,8H,2-3H2,1H3,(H,18,19,20). The van der Waals surface area contributed by atoms with Crippen LogP contribution in [0.1, 0.15) is 30.1 Å². The molecule has 0 bridgehead atoms. The molecule has 3 rings (SSSR count). The maximum absolute atomic E-state index is 13.8. The Morgan fingerprint density at radius 1 is 1.25 bits per heavy atom. The predicted molar refractivity (Wildman–Crippen MR) is 78.4 cm³/mol. The molecule has 1 N–H and O–H groups in total. The van der Waals surface area contributed by atoms with Gasteiger partial charge in [0.1, 0.15) is 22.6 Å². The van der Waals surface area contributed by atoms with E-state index >= 15 is 0 Å². The number of aromatic nitrogens is 2. The number of hydrogen-bond acceptors (Lipinski definition) is 3. The van der Waals surface area contributed by atoms with Gasteiger partial charge in [-0.15, -0.1) is 0 Å². The van der Waals surface area contributed by atoms with E-state index in [4.69, 9.17) is 23.2 Å². The summed E-state index contributed by atoms with van der Waals surface area (Å²) in [5.74, 6) is 1.20. The van der Waals surface area contributed by atoms with E-state index in [0.717, 1.165) is 18.7 Å². The molecule has 1 aromatic heterocycles. The molecule has 0 unspecified atom stereocenters. The Kier molecular flexibility index (Phi) is 3.52. The summed E-state index contributed by atoms with van der Waals surface area (Å²) in [4.78, 5) is 8.72. The lowest BCUT2D eigenvalue weighted by Gasteiger charge is -2.12. The van der Waals surface area contributed by atoms with Crippen LogP contribution in [0.5, 0.6) is 0 Å². The molecule has 1 aromatic carbocycles. The molecule has 6 heteroatoms. The van der Waals surface area contributed by atoms with Crippen molar-refractivity contribution in [1.29, 1.82) is 0 Å². The molecular formula is C14H12Cl2FN3. The summed E-state index contributed by atoms with van der Waals surface area (Å²) < 4.78 is 13.8. The van der Waals surface area contributed by atoms with E-state index in [0.29, 0.717) is 33.2 Å². The van der Waals surface area contributed by atoms with E-state index < -0.39 is 5.82 Å². The molecule has 2 aromatic rings. The fourth-order valence-electron chi connectivity index (χ4n) is 1.87. The van der Waals surface area contributed by atoms with Crippen LogP contribution in [0, 0.1) is 12.7 Å². The van der Waals surface area contributed by atoms with E-state index in [1.165, 1.54) is 6.07 Å². The van der Waals surface area contributed by atoms with Crippen LogP contribution in [0.4, 0.5) is 15.9 Å². The monoisotopic (exact) mass is 311 g/mol. The van der Waals surface area contributed by atoms with Gasteiger partial charge in [0.25, 0.3) is 0 Å². The van der Waals surface area contributed by atoms with E-state index in [-0.39, 0.29) is 0 Å². The van der Waals surface area contributed by atoms with Gasteiger partial charge in [0, 0.05) is 16.5 Å². The molecule has 1 fully saturated rings. The smallest absolute Gasteiger partial charge is 0.148 e. The van der Waals surface area contributed by atoms with Crippen LogP contribution >= 0.6 is 23.2 Å². The second-order valence-electron chi connectivity index (χ2n) is 4.87. The van der Waals surface area contributed by atoms with Crippen molar-refractivity contribution < 1.29 is 4.39 Å². The Labute approximate surface area is 126 Å². The lowest BCUT2D eigenvalue weighted by molar-refractivity contribution is 0.632. The van der Waals surface area contributed by atoms with Crippen molar-refractivity contribution in [3.63, 3.8) is 0 Å². The van der Waals surface area contributed by atoms with Gasteiger partial charge in [-0.1, -0.05) is 23.2 Å². The highest BCUT2D eigenvalue weighted by Crippen LogP contribution is 2.39. The van der Waals surface area contributed by atoms with Crippen molar-refractivity contribution in [2.45, 2.75) is 25.7 Å². The number of hydrogen-bond donors (Lipinski definition) is 1. The summed E-state index contributed by atoms with van der Waals surface area (Å²) in [6.07, 6.45) is 2.16. The van der Waals surface area contributed by atoms with Crippen molar-refractivity contribution >= 4 is 34.7 Å². The molecule has 1 saturated carbocycles. The van der Waals surface area contributed by atoms with Gasteiger partial charge in [-0.05, 0) is 38.0 Å². The van der Waals surface area contributed by atoms with Crippen LogP contribution < -0.4 is 5.32 Å². The normalized spacial score (nSPS) is 14.4. The molecule has 0 spiro atoms. The zero-order valence-electron chi connectivity index (χ0n) is 10.8. The number of halogens is 3. The van der Waals surface area contributed by atoms with Crippen molar-refractivity contribution in [2.24, 2.45) is 0 Å². The first-order valence-corrected chi connectivity index (χ1v) is 7.06. The summed E-state index contributed by atoms with van der Waals surface area (Å²) in [5, 5.41) is 3.72. The van der Waals surface area contributed by atoms with E-state index in [1.807, 2.05) is 0 Å². The highest BCUT2D eigenvalue weighted by atomic mass is 35.5. The molecular weight excluding hydrogens is 300 g/mol. The summed E-state index contributed by atoms with van der Waals surface area (Å²) in [6.45, 7) is 1.80. The molecule has 0 saturated heterocycles. The Morgan fingerprint density at radius 2 is 2.00 bits per heavy atom. The Hall–Kier alpha value is -1.39. The third-order valence-electron chi connectivity index (χ3n) is 3.23. The zero-order chi connectivity index (χ0) is 14.3. The number of nitrogens with one attached hydrogen (secondary N) is 1. The fraction of sp³-hybridized carbons (Fsp3) is 0.286. The quantitative estimate of drug-likeness (QED) is 0.823. The molecule has 0 radical (unpaired) electrons. The van der Waals surface area contributed by atoms with Crippen molar-refractivity contribution in [3.05, 3.63) is 45.6 Å². The molecule has 1 aliphatic carbocycles. The van der Waals surface area contributed by atoms with Crippen LogP contribution in [0.15, 0.2) is 18.2 Å². The molecule has 1 heterocycles. The van der Waals surface area contributed by atoms with Crippen LogP contribution in [0.3, 0.4) is 0 Å². The number of benzene rings is 1. The van der Waals surface area contributed by atoms with Gasteiger partial charge in [-0.2, -0.15) is 0 Å². The number of anilines is 2. The van der Waals surface area contributed by atoms with Gasteiger partial charge in [0.15, 0.2) is 0 Å². The molecule has 0 aliphatic heterocycles. The zero-order valence-corrected chi connectivity index (χ0v) is 12.3. The van der Waals surface area contributed by atoms with Crippen molar-refractivity contribution in [3.8, 4) is 0 Å². The molecule has 0 atom stereocenters. The van der Waals surface area contributed by atoms with Gasteiger partial charge >= 0.3 is 0 Å². The Balaban J connectivity index is 1.97. The minimum Gasteiger partial charge on any atom is -0.337 e. The SMILES string of the molecule is Cc1c(Cl)nc(C2CC2)nc1Nc1ccc(Cl)cc1F.